The SMILES string of the molecule is Cc1ccc2c(c1)C(NCC1CCS(=O)(=O)CC1)C(C)C2. The van der Waals surface area contributed by atoms with Crippen molar-refractivity contribution < 1.29 is 8.42 Å². The second kappa shape index (κ2) is 5.73. The minimum Gasteiger partial charge on any atom is -0.309 e. The van der Waals surface area contributed by atoms with Crippen LogP contribution in [0.25, 0.3) is 0 Å². The molecule has 2 atom stereocenters. The fraction of sp³-hybridized carbons (Fsp3) is 0.647. The van der Waals surface area contributed by atoms with Gasteiger partial charge in [-0.2, -0.15) is 0 Å². The molecule has 0 bridgehead atoms. The summed E-state index contributed by atoms with van der Waals surface area (Å²) in [5.41, 5.74) is 4.24. The Morgan fingerprint density at radius 3 is 2.67 bits per heavy atom. The molecule has 2 unspecified atom stereocenters. The highest BCUT2D eigenvalue weighted by molar-refractivity contribution is 7.91. The quantitative estimate of drug-likeness (QED) is 0.934. The molecule has 1 aromatic rings. The van der Waals surface area contributed by atoms with Crippen LogP contribution in [0.5, 0.6) is 0 Å². The third-order valence-corrected chi connectivity index (χ3v) is 6.76. The van der Waals surface area contributed by atoms with E-state index in [9.17, 15) is 8.42 Å². The molecule has 0 aromatic heterocycles. The van der Waals surface area contributed by atoms with Gasteiger partial charge in [0, 0.05) is 6.04 Å². The largest absolute Gasteiger partial charge is 0.309 e. The number of aryl methyl sites for hydroxylation is 1. The molecule has 1 N–H and O–H groups in total. The Kier molecular flexibility index (Phi) is 4.10. The molecule has 0 radical (unpaired) electrons. The van der Waals surface area contributed by atoms with Gasteiger partial charge in [-0.1, -0.05) is 30.7 Å². The first-order valence-corrected chi connectivity index (χ1v) is 9.80. The van der Waals surface area contributed by atoms with E-state index in [-0.39, 0.29) is 0 Å². The predicted octanol–water partition coefficient (Wildman–Crippen LogP) is 2.64. The van der Waals surface area contributed by atoms with Gasteiger partial charge in [0.2, 0.25) is 0 Å². The van der Waals surface area contributed by atoms with E-state index in [1.165, 1.54) is 16.7 Å². The second-order valence-corrected chi connectivity index (χ2v) is 9.17. The van der Waals surface area contributed by atoms with Gasteiger partial charge in [0.15, 0.2) is 0 Å². The molecular weight excluding hydrogens is 282 g/mol. The third-order valence-electron chi connectivity index (χ3n) is 5.05. The van der Waals surface area contributed by atoms with Crippen LogP contribution in [0.4, 0.5) is 0 Å². The van der Waals surface area contributed by atoms with Crippen molar-refractivity contribution in [2.24, 2.45) is 11.8 Å². The van der Waals surface area contributed by atoms with Crippen molar-refractivity contribution in [3.63, 3.8) is 0 Å². The Balaban J connectivity index is 1.63. The normalized spacial score (nSPS) is 28.5. The Bertz CT molecular complexity index is 610. The molecular formula is C17H25NO2S. The maximum atomic E-state index is 11.5. The Labute approximate surface area is 128 Å². The van der Waals surface area contributed by atoms with E-state index in [0.717, 1.165) is 25.8 Å². The van der Waals surface area contributed by atoms with E-state index in [4.69, 9.17) is 0 Å². The summed E-state index contributed by atoms with van der Waals surface area (Å²) in [7, 11) is -2.75. The van der Waals surface area contributed by atoms with Crippen LogP contribution >= 0.6 is 0 Å². The van der Waals surface area contributed by atoms with Crippen LogP contribution in [0.2, 0.25) is 0 Å². The summed E-state index contributed by atoms with van der Waals surface area (Å²) in [5, 5.41) is 3.72. The number of benzene rings is 1. The summed E-state index contributed by atoms with van der Waals surface area (Å²) < 4.78 is 23.0. The molecule has 1 heterocycles. The molecule has 116 valence electrons. The van der Waals surface area contributed by atoms with E-state index in [1.54, 1.807) is 0 Å². The molecule has 1 fully saturated rings. The maximum absolute atomic E-state index is 11.5. The molecule has 0 spiro atoms. The van der Waals surface area contributed by atoms with E-state index < -0.39 is 9.84 Å². The molecule has 3 nitrogen and oxygen atoms in total. The van der Waals surface area contributed by atoms with Gasteiger partial charge in [-0.3, -0.25) is 0 Å². The average molecular weight is 307 g/mol. The highest BCUT2D eigenvalue weighted by atomic mass is 32.2. The Morgan fingerprint density at radius 1 is 1.24 bits per heavy atom. The number of nitrogens with one attached hydrogen (secondary N) is 1. The zero-order valence-electron chi connectivity index (χ0n) is 12.9. The molecule has 2 aliphatic rings. The van der Waals surface area contributed by atoms with Crippen LogP contribution in [-0.4, -0.2) is 26.5 Å². The lowest BCUT2D eigenvalue weighted by atomic mass is 9.98. The van der Waals surface area contributed by atoms with Crippen LogP contribution in [0.3, 0.4) is 0 Å². The van der Waals surface area contributed by atoms with E-state index in [2.05, 4.69) is 37.4 Å². The zero-order valence-corrected chi connectivity index (χ0v) is 13.7. The molecule has 0 amide bonds. The average Bonchev–Trinajstić information content (AvgIpc) is 2.73. The van der Waals surface area contributed by atoms with Crippen molar-refractivity contribution in [3.05, 3.63) is 34.9 Å². The van der Waals surface area contributed by atoms with Crippen LogP contribution < -0.4 is 5.32 Å². The predicted molar refractivity (Wildman–Crippen MR) is 86.2 cm³/mol. The summed E-state index contributed by atoms with van der Waals surface area (Å²) in [6.45, 7) is 5.39. The second-order valence-electron chi connectivity index (χ2n) is 6.86. The van der Waals surface area contributed by atoms with E-state index in [0.29, 0.717) is 29.4 Å². The fourth-order valence-corrected chi connectivity index (χ4v) is 5.30. The van der Waals surface area contributed by atoms with Gasteiger partial charge in [0.05, 0.1) is 11.5 Å². The van der Waals surface area contributed by atoms with Crippen molar-refractivity contribution in [2.45, 2.75) is 39.2 Å². The maximum Gasteiger partial charge on any atom is 0.150 e. The monoisotopic (exact) mass is 307 g/mol. The number of sulfone groups is 1. The van der Waals surface area contributed by atoms with Crippen molar-refractivity contribution >= 4 is 9.84 Å². The van der Waals surface area contributed by atoms with Gasteiger partial charge in [0.1, 0.15) is 9.84 Å². The molecule has 1 aliphatic carbocycles. The fourth-order valence-electron chi connectivity index (χ4n) is 3.71. The van der Waals surface area contributed by atoms with Gasteiger partial charge in [-0.05, 0) is 55.7 Å². The molecule has 4 heteroatoms. The molecule has 0 saturated carbocycles. The number of rotatable bonds is 3. The van der Waals surface area contributed by atoms with Crippen molar-refractivity contribution in [1.82, 2.24) is 5.32 Å². The third kappa shape index (κ3) is 3.32. The summed E-state index contributed by atoms with van der Waals surface area (Å²) in [6.07, 6.45) is 2.78. The first kappa shape index (κ1) is 15.0. The van der Waals surface area contributed by atoms with E-state index >= 15 is 0 Å². The van der Waals surface area contributed by atoms with Crippen molar-refractivity contribution in [3.8, 4) is 0 Å². The Morgan fingerprint density at radius 2 is 1.95 bits per heavy atom. The summed E-state index contributed by atoms with van der Waals surface area (Å²) >= 11 is 0. The standard InChI is InChI=1S/C17H25NO2S/c1-12-3-4-15-10-13(2)17(16(15)9-12)18-11-14-5-7-21(19,20)8-6-14/h3-4,9,13-14,17-18H,5-8,10-11H2,1-2H3. The summed E-state index contributed by atoms with van der Waals surface area (Å²) in [5.74, 6) is 1.87. The smallest absolute Gasteiger partial charge is 0.150 e. The number of hydrogen-bond donors (Lipinski definition) is 1. The molecule has 3 rings (SSSR count). The summed E-state index contributed by atoms with van der Waals surface area (Å²) in [4.78, 5) is 0. The zero-order chi connectivity index (χ0) is 15.0. The lowest BCUT2D eigenvalue weighted by Crippen LogP contribution is -2.33. The van der Waals surface area contributed by atoms with Crippen LogP contribution in [-0.2, 0) is 16.3 Å². The topological polar surface area (TPSA) is 46.2 Å². The minimum atomic E-state index is -2.75. The molecule has 21 heavy (non-hydrogen) atoms. The Hall–Kier alpha value is -0.870. The minimum absolute atomic E-state index is 0.370. The first-order chi connectivity index (χ1) is 9.94. The lowest BCUT2D eigenvalue weighted by Gasteiger charge is -2.26. The number of hydrogen-bond acceptors (Lipinski definition) is 3. The van der Waals surface area contributed by atoms with Gasteiger partial charge in [-0.15, -0.1) is 0 Å². The van der Waals surface area contributed by atoms with E-state index in [1.807, 2.05) is 0 Å². The molecule has 1 saturated heterocycles. The summed E-state index contributed by atoms with van der Waals surface area (Å²) in [6, 6.07) is 7.19. The first-order valence-electron chi connectivity index (χ1n) is 7.98. The van der Waals surface area contributed by atoms with Crippen LogP contribution in [0.15, 0.2) is 18.2 Å². The molecule has 1 aliphatic heterocycles. The van der Waals surface area contributed by atoms with Crippen LogP contribution in [0, 0.1) is 18.8 Å². The lowest BCUT2D eigenvalue weighted by molar-refractivity contribution is 0.357. The molecule has 1 aromatic carbocycles. The highest BCUT2D eigenvalue weighted by Crippen LogP contribution is 2.36. The highest BCUT2D eigenvalue weighted by Gasteiger charge is 2.30. The van der Waals surface area contributed by atoms with Gasteiger partial charge >= 0.3 is 0 Å². The van der Waals surface area contributed by atoms with Crippen molar-refractivity contribution in [2.75, 3.05) is 18.1 Å². The van der Waals surface area contributed by atoms with Crippen LogP contribution in [0.1, 0.15) is 42.5 Å². The van der Waals surface area contributed by atoms with Gasteiger partial charge in [0.25, 0.3) is 0 Å². The number of fused-ring (bicyclic) bond motifs is 1. The van der Waals surface area contributed by atoms with Crippen molar-refractivity contribution in [1.29, 1.82) is 0 Å². The van der Waals surface area contributed by atoms with Gasteiger partial charge < -0.3 is 5.32 Å². The van der Waals surface area contributed by atoms with Gasteiger partial charge in [-0.25, -0.2) is 8.42 Å².